The lowest BCUT2D eigenvalue weighted by atomic mass is 10.2. The maximum Gasteiger partial charge on any atom is 0.308 e. The summed E-state index contributed by atoms with van der Waals surface area (Å²) in [5.41, 5.74) is 0.751. The maximum atomic E-state index is 10.6. The van der Waals surface area contributed by atoms with E-state index in [2.05, 4.69) is 4.98 Å². The molecule has 0 fully saturated rings. The number of hydrogen-bond donors (Lipinski definition) is 1. The van der Waals surface area contributed by atoms with Gasteiger partial charge in [-0.05, 0) is 6.07 Å². The van der Waals surface area contributed by atoms with Gasteiger partial charge in [0.05, 0.1) is 12.6 Å². The second kappa shape index (κ2) is 4.57. The fourth-order valence-electron chi connectivity index (χ4n) is 1.44. The van der Waals surface area contributed by atoms with Gasteiger partial charge in [-0.15, -0.1) is 0 Å². The molecule has 2 rings (SSSR count). The van der Waals surface area contributed by atoms with Crippen LogP contribution in [-0.2, 0) is 17.8 Å². The predicted molar refractivity (Wildman–Crippen MR) is 53.6 cm³/mol. The lowest BCUT2D eigenvalue weighted by Crippen LogP contribution is -2.34. The molecule has 2 aromatic rings. The van der Waals surface area contributed by atoms with Crippen molar-refractivity contribution in [2.45, 2.75) is 13.0 Å². The number of aromatic nitrogens is 2. The second-order valence-corrected chi connectivity index (χ2v) is 3.38. The normalized spacial score (nSPS) is 10.2. The summed E-state index contributed by atoms with van der Waals surface area (Å²) in [4.78, 5) is 14.6. The lowest BCUT2D eigenvalue weighted by molar-refractivity contribution is -0.690. The van der Waals surface area contributed by atoms with Crippen LogP contribution in [0.2, 0.25) is 0 Å². The van der Waals surface area contributed by atoms with Gasteiger partial charge in [-0.1, -0.05) is 0 Å². The number of carbonyl (C=O) groups is 1. The highest BCUT2D eigenvalue weighted by Gasteiger charge is 2.09. The lowest BCUT2D eigenvalue weighted by Gasteiger charge is -1.96. The average Bonchev–Trinajstić information content (AvgIpc) is 2.70. The first-order valence-electron chi connectivity index (χ1n) is 4.82. The summed E-state index contributed by atoms with van der Waals surface area (Å²) < 4.78 is 6.95. The Hall–Kier alpha value is -2.17. The third-order valence-corrected chi connectivity index (χ3v) is 2.08. The van der Waals surface area contributed by atoms with Gasteiger partial charge in [0, 0.05) is 11.6 Å². The zero-order chi connectivity index (χ0) is 11.4. The smallest absolute Gasteiger partial charge is 0.308 e. The van der Waals surface area contributed by atoms with E-state index in [0.29, 0.717) is 12.4 Å². The molecule has 0 atom stereocenters. The van der Waals surface area contributed by atoms with E-state index in [1.165, 1.54) is 6.26 Å². The minimum absolute atomic E-state index is 0.0203. The highest BCUT2D eigenvalue weighted by molar-refractivity contribution is 5.69. The molecule has 5 heteroatoms. The molecule has 0 spiro atoms. The Morgan fingerprint density at radius 2 is 2.44 bits per heavy atom. The highest BCUT2D eigenvalue weighted by Crippen LogP contribution is 1.98. The Bertz CT molecular complexity index is 480. The molecule has 0 bridgehead atoms. The Kier molecular flexibility index (Phi) is 2.95. The third-order valence-electron chi connectivity index (χ3n) is 2.08. The van der Waals surface area contributed by atoms with Crippen LogP contribution in [0, 0.1) is 0 Å². The molecule has 0 aromatic carbocycles. The summed E-state index contributed by atoms with van der Waals surface area (Å²) in [5.74, 6) is -0.244. The van der Waals surface area contributed by atoms with Crippen LogP contribution in [0.5, 0.6) is 0 Å². The van der Waals surface area contributed by atoms with E-state index < -0.39 is 5.97 Å². The molecular weight excluding hydrogens is 208 g/mol. The summed E-state index contributed by atoms with van der Waals surface area (Å²) in [6.45, 7) is 0.500. The van der Waals surface area contributed by atoms with Crippen LogP contribution in [0.25, 0.3) is 0 Å². The van der Waals surface area contributed by atoms with Crippen molar-refractivity contribution in [2.75, 3.05) is 0 Å². The summed E-state index contributed by atoms with van der Waals surface area (Å²) in [7, 11) is 0. The van der Waals surface area contributed by atoms with Crippen molar-refractivity contribution in [1.82, 2.24) is 4.98 Å². The van der Waals surface area contributed by atoms with Gasteiger partial charge in [-0.3, -0.25) is 4.79 Å². The SMILES string of the molecule is O=C(O)Cc1ccc[n+](Cc2ncco2)c1. The van der Waals surface area contributed by atoms with Crippen molar-refractivity contribution >= 4 is 5.97 Å². The molecule has 1 N–H and O–H groups in total. The molecule has 0 aliphatic carbocycles. The van der Waals surface area contributed by atoms with Gasteiger partial charge in [0.2, 0.25) is 6.54 Å². The first-order chi connectivity index (χ1) is 7.74. The Balaban J connectivity index is 2.13. The fraction of sp³-hybridized carbons (Fsp3) is 0.182. The number of nitrogens with zero attached hydrogens (tertiary/aromatic N) is 2. The van der Waals surface area contributed by atoms with Gasteiger partial charge in [0.1, 0.15) is 6.26 Å². The summed E-state index contributed by atoms with van der Waals surface area (Å²) in [6.07, 6.45) is 6.73. The monoisotopic (exact) mass is 219 g/mol. The van der Waals surface area contributed by atoms with Crippen molar-refractivity contribution in [1.29, 1.82) is 0 Å². The van der Waals surface area contributed by atoms with E-state index in [4.69, 9.17) is 9.52 Å². The molecule has 0 saturated heterocycles. The fourth-order valence-corrected chi connectivity index (χ4v) is 1.44. The van der Waals surface area contributed by atoms with Crippen molar-refractivity contribution in [3.05, 3.63) is 48.4 Å². The quantitative estimate of drug-likeness (QED) is 0.766. The van der Waals surface area contributed by atoms with Gasteiger partial charge < -0.3 is 9.52 Å². The van der Waals surface area contributed by atoms with Crippen LogP contribution < -0.4 is 4.57 Å². The molecule has 5 nitrogen and oxygen atoms in total. The van der Waals surface area contributed by atoms with Crippen molar-refractivity contribution in [2.24, 2.45) is 0 Å². The van der Waals surface area contributed by atoms with Gasteiger partial charge in [-0.2, -0.15) is 4.57 Å². The molecule has 2 aromatic heterocycles. The predicted octanol–water partition coefficient (Wildman–Crippen LogP) is 0.637. The number of hydrogen-bond acceptors (Lipinski definition) is 3. The molecule has 2 heterocycles. The van der Waals surface area contributed by atoms with Crippen LogP contribution in [0.4, 0.5) is 0 Å². The molecule has 0 saturated carbocycles. The molecule has 0 radical (unpaired) electrons. The number of carboxylic acid groups (broad SMARTS) is 1. The average molecular weight is 219 g/mol. The van der Waals surface area contributed by atoms with Crippen molar-refractivity contribution in [3.63, 3.8) is 0 Å². The van der Waals surface area contributed by atoms with E-state index in [0.717, 1.165) is 5.56 Å². The molecule has 16 heavy (non-hydrogen) atoms. The van der Waals surface area contributed by atoms with Crippen LogP contribution in [0.3, 0.4) is 0 Å². The Morgan fingerprint density at radius 3 is 3.12 bits per heavy atom. The van der Waals surface area contributed by atoms with E-state index in [-0.39, 0.29) is 6.42 Å². The van der Waals surface area contributed by atoms with E-state index in [1.54, 1.807) is 24.5 Å². The van der Waals surface area contributed by atoms with Gasteiger partial charge in [-0.25, -0.2) is 4.98 Å². The van der Waals surface area contributed by atoms with E-state index in [1.807, 2.05) is 10.8 Å². The van der Waals surface area contributed by atoms with Crippen LogP contribution in [0.15, 0.2) is 41.4 Å². The third kappa shape index (κ3) is 2.66. The number of oxazole rings is 1. The number of rotatable bonds is 4. The number of pyridine rings is 1. The van der Waals surface area contributed by atoms with Crippen molar-refractivity contribution < 1.29 is 18.9 Å². The van der Waals surface area contributed by atoms with Gasteiger partial charge in [0.25, 0.3) is 5.89 Å². The zero-order valence-electron chi connectivity index (χ0n) is 8.54. The minimum atomic E-state index is -0.839. The zero-order valence-corrected chi connectivity index (χ0v) is 8.54. The molecule has 0 aliphatic rings. The number of aliphatic carboxylic acids is 1. The first-order valence-corrected chi connectivity index (χ1v) is 4.82. The van der Waals surface area contributed by atoms with Crippen LogP contribution in [-0.4, -0.2) is 16.1 Å². The largest absolute Gasteiger partial charge is 0.481 e. The molecule has 0 aliphatic heterocycles. The molecule has 0 amide bonds. The van der Waals surface area contributed by atoms with Crippen LogP contribution in [0.1, 0.15) is 11.5 Å². The first kappa shape index (κ1) is 10.4. The minimum Gasteiger partial charge on any atom is -0.481 e. The number of carboxylic acids is 1. The summed E-state index contributed by atoms with van der Waals surface area (Å²) in [5, 5.41) is 8.67. The Labute approximate surface area is 92.0 Å². The Morgan fingerprint density at radius 1 is 1.56 bits per heavy atom. The topological polar surface area (TPSA) is 67.2 Å². The van der Waals surface area contributed by atoms with E-state index in [9.17, 15) is 4.79 Å². The van der Waals surface area contributed by atoms with Gasteiger partial charge >= 0.3 is 5.97 Å². The molecular formula is C11H11N2O3+. The molecule has 82 valence electrons. The van der Waals surface area contributed by atoms with Crippen molar-refractivity contribution in [3.8, 4) is 0 Å². The van der Waals surface area contributed by atoms with Crippen LogP contribution >= 0.6 is 0 Å². The standard InChI is InChI=1S/C11H10N2O3/c14-11(15)6-9-2-1-4-13(7-9)8-10-12-3-5-16-10/h1-5,7H,6,8H2/p+1. The molecule has 0 unspecified atom stereocenters. The highest BCUT2D eigenvalue weighted by atomic mass is 16.4. The van der Waals surface area contributed by atoms with Gasteiger partial charge in [0.15, 0.2) is 12.4 Å². The van der Waals surface area contributed by atoms with E-state index >= 15 is 0 Å². The summed E-state index contributed by atoms with van der Waals surface area (Å²) in [6, 6.07) is 3.58. The maximum absolute atomic E-state index is 10.6. The summed E-state index contributed by atoms with van der Waals surface area (Å²) >= 11 is 0. The second-order valence-electron chi connectivity index (χ2n) is 3.38.